The Morgan fingerprint density at radius 2 is 0.900 bits per heavy atom. The van der Waals surface area contributed by atoms with E-state index in [-0.39, 0.29) is 0 Å². The van der Waals surface area contributed by atoms with Crippen LogP contribution in [-0.4, -0.2) is 10.2 Å². The smallest absolute Gasteiger partial charge is 0.115 e. The SMILES string of the molecule is Oc1cccc(CCCCCCC/C=C/CCCCCCCc2cccc(O)c2)c1. The normalized spacial score (nSPS) is 11.3. The number of hydrogen-bond donors (Lipinski definition) is 2. The van der Waals surface area contributed by atoms with E-state index >= 15 is 0 Å². The first-order valence-electron chi connectivity index (χ1n) is 11.9. The average Bonchev–Trinajstić information content (AvgIpc) is 2.73. The van der Waals surface area contributed by atoms with Gasteiger partial charge in [0, 0.05) is 0 Å². The average molecular weight is 409 g/mol. The Kier molecular flexibility index (Phi) is 12.5. The first-order valence-corrected chi connectivity index (χ1v) is 11.9. The monoisotopic (exact) mass is 408 g/mol. The van der Waals surface area contributed by atoms with Crippen molar-refractivity contribution in [2.24, 2.45) is 0 Å². The number of allylic oxidation sites excluding steroid dienone is 2. The van der Waals surface area contributed by atoms with Gasteiger partial charge in [0.05, 0.1) is 0 Å². The van der Waals surface area contributed by atoms with Crippen LogP contribution in [0.25, 0.3) is 0 Å². The van der Waals surface area contributed by atoms with E-state index in [9.17, 15) is 10.2 Å². The van der Waals surface area contributed by atoms with Gasteiger partial charge in [0.2, 0.25) is 0 Å². The van der Waals surface area contributed by atoms with Crippen LogP contribution in [0.4, 0.5) is 0 Å². The predicted molar refractivity (Wildman–Crippen MR) is 128 cm³/mol. The number of rotatable bonds is 16. The molecule has 2 nitrogen and oxygen atoms in total. The number of phenolic OH excluding ortho intramolecular Hbond substituents is 2. The first kappa shape index (κ1) is 24.1. The van der Waals surface area contributed by atoms with Gasteiger partial charge in [0.15, 0.2) is 0 Å². The fraction of sp³-hybridized carbons (Fsp3) is 0.500. The van der Waals surface area contributed by atoms with Crippen molar-refractivity contribution in [3.8, 4) is 11.5 Å². The third-order valence-corrected chi connectivity index (χ3v) is 5.66. The molecule has 0 aliphatic rings. The second-order valence-corrected chi connectivity index (χ2v) is 8.42. The van der Waals surface area contributed by atoms with Crippen molar-refractivity contribution in [2.45, 2.75) is 89.9 Å². The zero-order valence-electron chi connectivity index (χ0n) is 18.6. The minimum Gasteiger partial charge on any atom is -0.508 e. The van der Waals surface area contributed by atoms with E-state index in [0.717, 1.165) is 12.8 Å². The summed E-state index contributed by atoms with van der Waals surface area (Å²) in [5.74, 6) is 0.758. The molecule has 0 unspecified atom stereocenters. The van der Waals surface area contributed by atoms with Crippen molar-refractivity contribution in [3.63, 3.8) is 0 Å². The fourth-order valence-electron chi connectivity index (χ4n) is 3.90. The van der Waals surface area contributed by atoms with Crippen molar-refractivity contribution in [3.05, 3.63) is 71.8 Å². The molecule has 2 aromatic rings. The van der Waals surface area contributed by atoms with Crippen molar-refractivity contribution >= 4 is 0 Å². The summed E-state index contributed by atoms with van der Waals surface area (Å²) in [5.41, 5.74) is 2.49. The molecule has 0 fully saturated rings. The first-order chi connectivity index (χ1) is 14.7. The van der Waals surface area contributed by atoms with Gasteiger partial charge in [0.1, 0.15) is 11.5 Å². The molecule has 0 aliphatic carbocycles. The van der Waals surface area contributed by atoms with Gasteiger partial charge in [-0.1, -0.05) is 74.9 Å². The molecule has 30 heavy (non-hydrogen) atoms. The van der Waals surface area contributed by atoms with Crippen LogP contribution < -0.4 is 0 Å². The van der Waals surface area contributed by atoms with E-state index < -0.39 is 0 Å². The molecule has 2 aromatic carbocycles. The zero-order chi connectivity index (χ0) is 21.3. The molecule has 164 valence electrons. The molecule has 0 bridgehead atoms. The van der Waals surface area contributed by atoms with Crippen molar-refractivity contribution in [1.82, 2.24) is 0 Å². The van der Waals surface area contributed by atoms with Crippen LogP contribution in [0, 0.1) is 0 Å². The van der Waals surface area contributed by atoms with Gasteiger partial charge in [-0.3, -0.25) is 0 Å². The third-order valence-electron chi connectivity index (χ3n) is 5.66. The fourth-order valence-corrected chi connectivity index (χ4v) is 3.90. The molecule has 0 amide bonds. The summed E-state index contributed by atoms with van der Waals surface area (Å²) in [4.78, 5) is 0. The molecule has 0 atom stereocenters. The second kappa shape index (κ2) is 15.6. The van der Waals surface area contributed by atoms with Crippen LogP contribution in [0.1, 0.15) is 88.2 Å². The molecular weight excluding hydrogens is 368 g/mol. The van der Waals surface area contributed by atoms with Crippen LogP contribution >= 0.6 is 0 Å². The lowest BCUT2D eigenvalue weighted by molar-refractivity contribution is 0.473. The Labute approximate surface area is 183 Å². The van der Waals surface area contributed by atoms with Crippen molar-refractivity contribution < 1.29 is 10.2 Å². The van der Waals surface area contributed by atoms with Gasteiger partial charge in [0.25, 0.3) is 0 Å². The highest BCUT2D eigenvalue weighted by atomic mass is 16.3. The summed E-state index contributed by atoms with van der Waals surface area (Å²) in [6.07, 6.45) is 22.2. The molecule has 0 saturated carbocycles. The van der Waals surface area contributed by atoms with Crippen molar-refractivity contribution in [2.75, 3.05) is 0 Å². The number of aromatic hydroxyl groups is 2. The number of benzene rings is 2. The summed E-state index contributed by atoms with van der Waals surface area (Å²) < 4.78 is 0. The third kappa shape index (κ3) is 11.7. The topological polar surface area (TPSA) is 40.5 Å². The molecule has 0 aliphatic heterocycles. The van der Waals surface area contributed by atoms with E-state index in [2.05, 4.69) is 24.3 Å². The van der Waals surface area contributed by atoms with Gasteiger partial charge < -0.3 is 10.2 Å². The van der Waals surface area contributed by atoms with E-state index in [1.54, 1.807) is 12.1 Å². The minimum absolute atomic E-state index is 0.379. The van der Waals surface area contributed by atoms with Crippen LogP contribution in [0.3, 0.4) is 0 Å². The summed E-state index contributed by atoms with van der Waals surface area (Å²) in [5, 5.41) is 18.9. The molecule has 0 saturated heterocycles. The summed E-state index contributed by atoms with van der Waals surface area (Å²) in [7, 11) is 0. The lowest BCUT2D eigenvalue weighted by Crippen LogP contribution is -1.86. The standard InChI is InChI=1S/C28H40O2/c29-27-21-15-19-25(23-27)17-13-11-9-7-5-3-1-2-4-6-8-10-12-14-18-26-20-16-22-28(30)24-26/h1-2,15-16,19-24,29-30H,3-14,17-18H2/b2-1+. The van der Waals surface area contributed by atoms with Crippen LogP contribution in [0.2, 0.25) is 0 Å². The highest BCUT2D eigenvalue weighted by Gasteiger charge is 1.97. The molecule has 0 spiro atoms. The molecule has 2 N–H and O–H groups in total. The maximum absolute atomic E-state index is 9.47. The number of unbranched alkanes of at least 4 members (excludes halogenated alkanes) is 10. The molecule has 0 radical (unpaired) electrons. The molecular formula is C28H40O2. The summed E-state index contributed by atoms with van der Waals surface area (Å²) >= 11 is 0. The van der Waals surface area contributed by atoms with Gasteiger partial charge in [-0.05, 0) is 86.8 Å². The molecule has 0 aromatic heterocycles. The highest BCUT2D eigenvalue weighted by molar-refractivity contribution is 5.27. The van der Waals surface area contributed by atoms with Crippen molar-refractivity contribution in [1.29, 1.82) is 0 Å². The highest BCUT2D eigenvalue weighted by Crippen LogP contribution is 2.16. The molecule has 0 heterocycles. The Bertz CT molecular complexity index is 659. The lowest BCUT2D eigenvalue weighted by Gasteiger charge is -2.03. The largest absolute Gasteiger partial charge is 0.508 e. The number of hydrogen-bond acceptors (Lipinski definition) is 2. The Morgan fingerprint density at radius 1 is 0.500 bits per heavy atom. The lowest BCUT2D eigenvalue weighted by atomic mass is 10.0. The van der Waals surface area contributed by atoms with Gasteiger partial charge in [-0.15, -0.1) is 0 Å². The van der Waals surface area contributed by atoms with Gasteiger partial charge in [-0.2, -0.15) is 0 Å². The van der Waals surface area contributed by atoms with Crippen LogP contribution in [0.5, 0.6) is 11.5 Å². The zero-order valence-corrected chi connectivity index (χ0v) is 18.6. The quantitative estimate of drug-likeness (QED) is 0.217. The van der Waals surface area contributed by atoms with Crippen LogP contribution in [0.15, 0.2) is 60.7 Å². The predicted octanol–water partition coefficient (Wildman–Crippen LogP) is 8.12. The Hall–Kier alpha value is -2.22. The Balaban J connectivity index is 1.32. The van der Waals surface area contributed by atoms with Crippen LogP contribution in [-0.2, 0) is 12.8 Å². The molecule has 2 heteroatoms. The second-order valence-electron chi connectivity index (χ2n) is 8.42. The maximum atomic E-state index is 9.47. The number of phenols is 2. The summed E-state index contributed by atoms with van der Waals surface area (Å²) in [6.45, 7) is 0. The van der Waals surface area contributed by atoms with Gasteiger partial charge in [-0.25, -0.2) is 0 Å². The van der Waals surface area contributed by atoms with E-state index in [1.807, 2.05) is 24.3 Å². The minimum atomic E-state index is 0.379. The van der Waals surface area contributed by atoms with E-state index in [0.29, 0.717) is 11.5 Å². The maximum Gasteiger partial charge on any atom is 0.115 e. The van der Waals surface area contributed by atoms with Gasteiger partial charge >= 0.3 is 0 Å². The van der Waals surface area contributed by atoms with E-state index in [4.69, 9.17) is 0 Å². The summed E-state index contributed by atoms with van der Waals surface area (Å²) in [6, 6.07) is 15.3. The Morgan fingerprint density at radius 3 is 1.33 bits per heavy atom. The number of aryl methyl sites for hydroxylation is 2. The van der Waals surface area contributed by atoms with E-state index in [1.165, 1.54) is 88.2 Å². The molecule has 2 rings (SSSR count).